The molecule has 2 heterocycles. The van der Waals surface area contributed by atoms with Crippen molar-refractivity contribution in [2.24, 2.45) is 4.99 Å². The molecule has 2 saturated heterocycles. The molecule has 0 spiro atoms. The summed E-state index contributed by atoms with van der Waals surface area (Å²) >= 11 is 1.60. The van der Waals surface area contributed by atoms with Crippen LogP contribution in [0.4, 0.5) is 0 Å². The number of thioether (sulfide) groups is 1. The molecule has 7 heteroatoms. The lowest BCUT2D eigenvalue weighted by molar-refractivity contribution is -0.125. The van der Waals surface area contributed by atoms with Crippen molar-refractivity contribution >= 4 is 22.8 Å². The van der Waals surface area contributed by atoms with Gasteiger partial charge in [0.2, 0.25) is 5.91 Å². The maximum absolute atomic E-state index is 11.9. The van der Waals surface area contributed by atoms with Crippen LogP contribution >= 0.6 is 11.8 Å². The second-order valence-electron chi connectivity index (χ2n) is 6.52. The molecule has 2 aliphatic rings. The average molecular weight is 363 g/mol. The first-order chi connectivity index (χ1) is 12.1. The fraction of sp³-hybridized carbons (Fsp3) is 0.556. The molecule has 4 atom stereocenters. The molecule has 2 aliphatic heterocycles. The number of benzene rings is 1. The standard InChI is InChI=1S/C18H25N3O3S/c1-2-6-15(22)20-13-10-21-14(17(24)16(13)23)11-25-18(21)19-9-12-7-4-3-5-8-12/h3-5,7-8,13-14,16-17,23-24H,2,6,9-11H2,1H3,(H,20,22)/t13-,14+,16+,17+/m0/s1. The van der Waals surface area contributed by atoms with E-state index in [1.165, 1.54) is 0 Å². The van der Waals surface area contributed by atoms with Gasteiger partial charge in [-0.05, 0) is 12.0 Å². The van der Waals surface area contributed by atoms with Gasteiger partial charge in [-0.25, -0.2) is 0 Å². The first kappa shape index (κ1) is 18.2. The quantitative estimate of drug-likeness (QED) is 0.726. The van der Waals surface area contributed by atoms with Crippen molar-refractivity contribution in [2.75, 3.05) is 12.3 Å². The Morgan fingerprint density at radius 2 is 2.08 bits per heavy atom. The number of carbonyl (C=O) groups excluding carboxylic acids is 1. The molecule has 1 aromatic rings. The zero-order valence-electron chi connectivity index (χ0n) is 14.3. The van der Waals surface area contributed by atoms with Gasteiger partial charge in [0.25, 0.3) is 0 Å². The van der Waals surface area contributed by atoms with Gasteiger partial charge in [-0.15, -0.1) is 0 Å². The van der Waals surface area contributed by atoms with Crippen LogP contribution in [0.3, 0.4) is 0 Å². The lowest BCUT2D eigenvalue weighted by Crippen LogP contribution is -2.65. The largest absolute Gasteiger partial charge is 0.388 e. The summed E-state index contributed by atoms with van der Waals surface area (Å²) in [5, 5.41) is 24.5. The van der Waals surface area contributed by atoms with Crippen LogP contribution in [0.25, 0.3) is 0 Å². The number of hydrogen-bond acceptors (Lipinski definition) is 5. The minimum Gasteiger partial charge on any atom is -0.388 e. The van der Waals surface area contributed by atoms with Crippen molar-refractivity contribution in [1.29, 1.82) is 0 Å². The van der Waals surface area contributed by atoms with Crippen molar-refractivity contribution in [3.8, 4) is 0 Å². The highest BCUT2D eigenvalue weighted by molar-refractivity contribution is 8.14. The molecule has 136 valence electrons. The van der Waals surface area contributed by atoms with Crippen molar-refractivity contribution in [2.45, 2.75) is 50.6 Å². The number of hydrogen-bond donors (Lipinski definition) is 3. The van der Waals surface area contributed by atoms with Crippen LogP contribution in [0, 0.1) is 0 Å². The molecule has 3 N–H and O–H groups in total. The summed E-state index contributed by atoms with van der Waals surface area (Å²) in [4.78, 5) is 18.6. The van der Waals surface area contributed by atoms with Gasteiger partial charge >= 0.3 is 0 Å². The molecule has 0 aromatic heterocycles. The highest BCUT2D eigenvalue weighted by atomic mass is 32.2. The Balaban J connectivity index is 1.70. The Morgan fingerprint density at radius 1 is 1.32 bits per heavy atom. The molecule has 6 nitrogen and oxygen atoms in total. The van der Waals surface area contributed by atoms with E-state index >= 15 is 0 Å². The van der Waals surface area contributed by atoms with Crippen LogP contribution < -0.4 is 5.32 Å². The fourth-order valence-corrected chi connectivity index (χ4v) is 4.50. The first-order valence-electron chi connectivity index (χ1n) is 8.73. The Labute approximate surface area is 152 Å². The summed E-state index contributed by atoms with van der Waals surface area (Å²) in [5.74, 6) is 0.605. The van der Waals surface area contributed by atoms with E-state index in [1.807, 2.05) is 42.2 Å². The van der Waals surface area contributed by atoms with Crippen LogP contribution in [0.15, 0.2) is 35.3 Å². The molecule has 0 aliphatic carbocycles. The third-order valence-electron chi connectivity index (χ3n) is 4.64. The van der Waals surface area contributed by atoms with E-state index in [0.29, 0.717) is 25.3 Å². The summed E-state index contributed by atoms with van der Waals surface area (Å²) in [6.45, 7) is 2.99. The Morgan fingerprint density at radius 3 is 2.80 bits per heavy atom. The predicted octanol–water partition coefficient (Wildman–Crippen LogP) is 0.980. The molecule has 0 bridgehead atoms. The highest BCUT2D eigenvalue weighted by Gasteiger charge is 2.46. The van der Waals surface area contributed by atoms with E-state index in [-0.39, 0.29) is 11.9 Å². The second-order valence-corrected chi connectivity index (χ2v) is 7.51. The fourth-order valence-electron chi connectivity index (χ4n) is 3.27. The predicted molar refractivity (Wildman–Crippen MR) is 99.4 cm³/mol. The normalized spacial score (nSPS) is 30.4. The number of fused-ring (bicyclic) bond motifs is 1. The topological polar surface area (TPSA) is 85.2 Å². The van der Waals surface area contributed by atoms with E-state index in [0.717, 1.165) is 17.2 Å². The third-order valence-corrected chi connectivity index (χ3v) is 5.77. The number of aliphatic hydroxyl groups is 2. The van der Waals surface area contributed by atoms with Gasteiger partial charge in [-0.3, -0.25) is 9.79 Å². The third kappa shape index (κ3) is 4.16. The van der Waals surface area contributed by atoms with Crippen LogP contribution in [-0.2, 0) is 11.3 Å². The van der Waals surface area contributed by atoms with Crippen molar-refractivity contribution < 1.29 is 15.0 Å². The molecular weight excluding hydrogens is 338 g/mol. The van der Waals surface area contributed by atoms with Gasteiger partial charge in [0.15, 0.2) is 5.17 Å². The maximum Gasteiger partial charge on any atom is 0.220 e. The Bertz CT molecular complexity index is 625. The zero-order valence-corrected chi connectivity index (χ0v) is 15.2. The van der Waals surface area contributed by atoms with E-state index in [2.05, 4.69) is 10.3 Å². The Kier molecular flexibility index (Phi) is 5.98. The summed E-state index contributed by atoms with van der Waals surface area (Å²) in [7, 11) is 0. The second kappa shape index (κ2) is 8.21. The SMILES string of the molecule is CCCC(=O)N[C@H]1CN2C(=NCc3ccccc3)SC[C@@H]2[C@@H](O)[C@@H]1O. The number of aliphatic hydroxyl groups excluding tert-OH is 2. The molecule has 0 saturated carbocycles. The Hall–Kier alpha value is -1.57. The van der Waals surface area contributed by atoms with Crippen LogP contribution in [-0.4, -0.2) is 62.8 Å². The number of rotatable bonds is 5. The van der Waals surface area contributed by atoms with E-state index < -0.39 is 18.2 Å². The molecule has 0 unspecified atom stereocenters. The molecule has 2 fully saturated rings. The monoisotopic (exact) mass is 363 g/mol. The molecule has 1 amide bonds. The van der Waals surface area contributed by atoms with Crippen molar-refractivity contribution in [3.63, 3.8) is 0 Å². The lowest BCUT2D eigenvalue weighted by atomic mass is 9.93. The molecule has 25 heavy (non-hydrogen) atoms. The number of nitrogens with one attached hydrogen (secondary N) is 1. The summed E-state index contributed by atoms with van der Waals surface area (Å²) in [5.41, 5.74) is 1.13. The maximum atomic E-state index is 11.9. The van der Waals surface area contributed by atoms with Gasteiger partial charge in [0.05, 0.1) is 18.6 Å². The number of aliphatic imine (C=N–C) groups is 1. The van der Waals surface area contributed by atoms with E-state index in [1.54, 1.807) is 11.8 Å². The van der Waals surface area contributed by atoms with Gasteiger partial charge in [-0.1, -0.05) is 49.0 Å². The van der Waals surface area contributed by atoms with Gasteiger partial charge < -0.3 is 20.4 Å². The first-order valence-corrected chi connectivity index (χ1v) is 9.72. The lowest BCUT2D eigenvalue weighted by Gasteiger charge is -2.42. The van der Waals surface area contributed by atoms with Gasteiger partial charge in [-0.2, -0.15) is 0 Å². The summed E-state index contributed by atoms with van der Waals surface area (Å²) < 4.78 is 0. The van der Waals surface area contributed by atoms with Gasteiger partial charge in [0.1, 0.15) is 12.2 Å². The van der Waals surface area contributed by atoms with E-state index in [4.69, 9.17) is 0 Å². The number of amides is 1. The average Bonchev–Trinajstić information content (AvgIpc) is 3.01. The zero-order chi connectivity index (χ0) is 17.8. The molecular formula is C18H25N3O3S. The van der Waals surface area contributed by atoms with Crippen molar-refractivity contribution in [3.05, 3.63) is 35.9 Å². The molecule has 1 aromatic carbocycles. The number of amidine groups is 1. The summed E-state index contributed by atoms with van der Waals surface area (Å²) in [6, 6.07) is 9.37. The molecule has 0 radical (unpaired) electrons. The van der Waals surface area contributed by atoms with Gasteiger partial charge in [0, 0.05) is 18.7 Å². The van der Waals surface area contributed by atoms with Crippen molar-refractivity contribution in [1.82, 2.24) is 10.2 Å². The number of nitrogens with zero attached hydrogens (tertiary/aromatic N) is 2. The van der Waals surface area contributed by atoms with Crippen LogP contribution in [0.1, 0.15) is 25.3 Å². The smallest absolute Gasteiger partial charge is 0.220 e. The molecule has 3 rings (SSSR count). The summed E-state index contributed by atoms with van der Waals surface area (Å²) in [6.07, 6.45) is -0.663. The highest BCUT2D eigenvalue weighted by Crippen LogP contribution is 2.32. The van der Waals surface area contributed by atoms with Crippen LogP contribution in [0.5, 0.6) is 0 Å². The minimum atomic E-state index is -0.948. The minimum absolute atomic E-state index is 0.0909. The number of piperidine rings is 1. The van der Waals surface area contributed by atoms with E-state index in [9.17, 15) is 15.0 Å². The van der Waals surface area contributed by atoms with Crippen LogP contribution in [0.2, 0.25) is 0 Å². The number of carbonyl (C=O) groups is 1.